The highest BCUT2D eigenvalue weighted by Gasteiger charge is 2.32. The maximum Gasteiger partial charge on any atom is 0.416 e. The first kappa shape index (κ1) is 21.9. The number of carbonyl (C=O) groups is 2. The zero-order valence-electron chi connectivity index (χ0n) is 17.3. The van der Waals surface area contributed by atoms with E-state index in [4.69, 9.17) is 4.52 Å². The lowest BCUT2D eigenvalue weighted by atomic mass is 10.1. The lowest BCUT2D eigenvalue weighted by Gasteiger charge is -2.12. The van der Waals surface area contributed by atoms with E-state index < -0.39 is 23.6 Å². The molecule has 10 nitrogen and oxygen atoms in total. The SMILES string of the molecule is Cc1ccc(NC(=O)c2cc(CNC(=O)c3ncnc4c3cnn4C)no2)cc1C(F)(F)F. The van der Waals surface area contributed by atoms with Gasteiger partial charge >= 0.3 is 6.18 Å². The maximum atomic E-state index is 13.1. The normalized spacial score (nSPS) is 11.5. The Hall–Kier alpha value is -4.29. The molecule has 4 aromatic rings. The molecule has 4 rings (SSSR count). The fraction of sp³-hybridized carbons (Fsp3) is 0.200. The molecular weight excluding hydrogens is 443 g/mol. The molecule has 2 amide bonds. The monoisotopic (exact) mass is 459 g/mol. The topological polar surface area (TPSA) is 128 Å². The predicted octanol–water partition coefficient (Wildman–Crippen LogP) is 2.86. The minimum Gasteiger partial charge on any atom is -0.351 e. The highest BCUT2D eigenvalue weighted by atomic mass is 19.4. The Bertz CT molecular complexity index is 1360. The molecule has 0 spiro atoms. The molecule has 3 heterocycles. The summed E-state index contributed by atoms with van der Waals surface area (Å²) in [5, 5.41) is 13.1. The van der Waals surface area contributed by atoms with Crippen molar-refractivity contribution < 1.29 is 27.3 Å². The Morgan fingerprint density at radius 1 is 1.15 bits per heavy atom. The van der Waals surface area contributed by atoms with Gasteiger partial charge in [-0.05, 0) is 24.6 Å². The molecule has 170 valence electrons. The van der Waals surface area contributed by atoms with Crippen LogP contribution >= 0.6 is 0 Å². The number of aryl methyl sites for hydroxylation is 2. The number of anilines is 1. The van der Waals surface area contributed by atoms with E-state index in [1.165, 1.54) is 42.3 Å². The molecule has 0 aliphatic heterocycles. The minimum atomic E-state index is -4.55. The number of benzene rings is 1. The van der Waals surface area contributed by atoms with Crippen molar-refractivity contribution in [3.8, 4) is 0 Å². The van der Waals surface area contributed by atoms with E-state index in [-0.39, 0.29) is 34.9 Å². The van der Waals surface area contributed by atoms with Crippen molar-refractivity contribution in [3.63, 3.8) is 0 Å². The third-order valence-corrected chi connectivity index (χ3v) is 4.76. The van der Waals surface area contributed by atoms with E-state index in [1.54, 1.807) is 7.05 Å². The number of alkyl halides is 3. The molecule has 3 aromatic heterocycles. The molecule has 0 aliphatic rings. The van der Waals surface area contributed by atoms with Crippen LogP contribution in [0.15, 0.2) is 41.3 Å². The van der Waals surface area contributed by atoms with Crippen LogP contribution in [0.4, 0.5) is 18.9 Å². The van der Waals surface area contributed by atoms with Gasteiger partial charge in [0.15, 0.2) is 5.65 Å². The van der Waals surface area contributed by atoms with Gasteiger partial charge in [-0.15, -0.1) is 0 Å². The Balaban J connectivity index is 1.42. The molecule has 2 N–H and O–H groups in total. The average molecular weight is 459 g/mol. The second-order valence-corrected chi connectivity index (χ2v) is 7.07. The van der Waals surface area contributed by atoms with Gasteiger partial charge in [-0.25, -0.2) is 9.97 Å². The molecule has 0 bridgehead atoms. The number of hydrogen-bond acceptors (Lipinski definition) is 7. The Kier molecular flexibility index (Phi) is 5.54. The van der Waals surface area contributed by atoms with Crippen molar-refractivity contribution in [1.82, 2.24) is 30.2 Å². The molecular formula is C20H16F3N7O3. The number of fused-ring (bicyclic) bond motifs is 1. The highest BCUT2D eigenvalue weighted by molar-refractivity contribution is 6.03. The van der Waals surface area contributed by atoms with Crippen molar-refractivity contribution >= 4 is 28.5 Å². The number of amides is 2. The van der Waals surface area contributed by atoms with E-state index in [1.807, 2.05) is 0 Å². The maximum absolute atomic E-state index is 13.1. The number of nitrogens with one attached hydrogen (secondary N) is 2. The van der Waals surface area contributed by atoms with E-state index in [2.05, 4.69) is 30.9 Å². The lowest BCUT2D eigenvalue weighted by Crippen LogP contribution is -2.24. The van der Waals surface area contributed by atoms with Crippen molar-refractivity contribution in [3.05, 3.63) is 65.1 Å². The summed E-state index contributed by atoms with van der Waals surface area (Å²) in [7, 11) is 1.68. The van der Waals surface area contributed by atoms with Crippen molar-refractivity contribution in [2.24, 2.45) is 7.05 Å². The predicted molar refractivity (Wildman–Crippen MR) is 108 cm³/mol. The van der Waals surface area contributed by atoms with Gasteiger partial charge in [0, 0.05) is 18.8 Å². The lowest BCUT2D eigenvalue weighted by molar-refractivity contribution is -0.138. The van der Waals surface area contributed by atoms with Crippen LogP contribution in [-0.4, -0.2) is 36.7 Å². The Morgan fingerprint density at radius 2 is 1.94 bits per heavy atom. The van der Waals surface area contributed by atoms with E-state index >= 15 is 0 Å². The largest absolute Gasteiger partial charge is 0.416 e. The van der Waals surface area contributed by atoms with Crippen molar-refractivity contribution in [2.75, 3.05) is 5.32 Å². The molecule has 33 heavy (non-hydrogen) atoms. The number of hydrogen-bond donors (Lipinski definition) is 2. The van der Waals surface area contributed by atoms with Gasteiger partial charge in [-0.3, -0.25) is 14.3 Å². The summed E-state index contributed by atoms with van der Waals surface area (Å²) in [5.41, 5.74) is -0.0350. The van der Waals surface area contributed by atoms with E-state index in [0.717, 1.165) is 6.07 Å². The molecule has 13 heteroatoms. The second kappa shape index (κ2) is 8.33. The molecule has 0 aliphatic carbocycles. The third-order valence-electron chi connectivity index (χ3n) is 4.76. The number of aromatic nitrogens is 5. The van der Waals surface area contributed by atoms with Crippen LogP contribution in [0.2, 0.25) is 0 Å². The Morgan fingerprint density at radius 3 is 2.70 bits per heavy atom. The van der Waals surface area contributed by atoms with E-state index in [9.17, 15) is 22.8 Å². The van der Waals surface area contributed by atoms with Gasteiger partial charge < -0.3 is 15.2 Å². The van der Waals surface area contributed by atoms with Crippen molar-refractivity contribution in [2.45, 2.75) is 19.6 Å². The molecule has 0 saturated heterocycles. The highest BCUT2D eigenvalue weighted by Crippen LogP contribution is 2.33. The van der Waals surface area contributed by atoms with Crippen LogP contribution in [0, 0.1) is 6.92 Å². The number of rotatable bonds is 5. The molecule has 0 fully saturated rings. The summed E-state index contributed by atoms with van der Waals surface area (Å²) in [4.78, 5) is 32.9. The van der Waals surface area contributed by atoms with Crippen molar-refractivity contribution in [1.29, 1.82) is 0 Å². The van der Waals surface area contributed by atoms with Gasteiger partial charge in [0.25, 0.3) is 11.8 Å². The summed E-state index contributed by atoms with van der Waals surface area (Å²) in [6.45, 7) is 1.25. The fourth-order valence-electron chi connectivity index (χ4n) is 3.10. The summed E-state index contributed by atoms with van der Waals surface area (Å²) in [6, 6.07) is 4.72. The Labute approximate surface area is 183 Å². The molecule has 0 atom stereocenters. The minimum absolute atomic E-state index is 0.0328. The molecule has 0 radical (unpaired) electrons. The quantitative estimate of drug-likeness (QED) is 0.470. The summed E-state index contributed by atoms with van der Waals surface area (Å²) in [5.74, 6) is -1.53. The first-order chi connectivity index (χ1) is 15.6. The first-order valence-corrected chi connectivity index (χ1v) is 9.49. The van der Waals surface area contributed by atoms with Gasteiger partial charge in [0.2, 0.25) is 5.76 Å². The van der Waals surface area contributed by atoms with Crippen LogP contribution in [0.1, 0.15) is 37.9 Å². The second-order valence-electron chi connectivity index (χ2n) is 7.07. The van der Waals surface area contributed by atoms with Gasteiger partial charge in [-0.1, -0.05) is 11.2 Å². The summed E-state index contributed by atoms with van der Waals surface area (Å²) >= 11 is 0. The zero-order chi connectivity index (χ0) is 23.8. The third kappa shape index (κ3) is 4.51. The smallest absolute Gasteiger partial charge is 0.351 e. The van der Waals surface area contributed by atoms with E-state index in [0.29, 0.717) is 11.0 Å². The van der Waals surface area contributed by atoms with Crippen LogP contribution in [0.25, 0.3) is 11.0 Å². The first-order valence-electron chi connectivity index (χ1n) is 9.49. The summed E-state index contributed by atoms with van der Waals surface area (Å²) < 4.78 is 45.7. The molecule has 1 aromatic carbocycles. The number of carbonyl (C=O) groups excluding carboxylic acids is 2. The van der Waals surface area contributed by atoms with Crippen LogP contribution in [-0.2, 0) is 19.8 Å². The zero-order valence-corrected chi connectivity index (χ0v) is 17.3. The van der Waals surface area contributed by atoms with Gasteiger partial charge in [0.1, 0.15) is 17.7 Å². The fourth-order valence-corrected chi connectivity index (χ4v) is 3.10. The molecule has 0 saturated carbocycles. The van der Waals surface area contributed by atoms with Crippen LogP contribution in [0.5, 0.6) is 0 Å². The molecule has 0 unspecified atom stereocenters. The summed E-state index contributed by atoms with van der Waals surface area (Å²) in [6.07, 6.45) is -1.84. The average Bonchev–Trinajstić information content (AvgIpc) is 3.40. The number of nitrogens with zero attached hydrogens (tertiary/aromatic N) is 5. The van der Waals surface area contributed by atoms with Gasteiger partial charge in [0.05, 0.1) is 23.7 Å². The number of halogens is 3. The van der Waals surface area contributed by atoms with Gasteiger partial charge in [-0.2, -0.15) is 18.3 Å². The standard InChI is InChI=1S/C20H16F3N7O3/c1-10-3-4-11(5-14(10)20(21,22)23)28-18(31)15-6-12(29-33-15)7-24-19(32)16-13-8-27-30(2)17(13)26-9-25-16/h3-6,8-9H,7H2,1-2H3,(H,24,32)(H,28,31). The van der Waals surface area contributed by atoms with Crippen LogP contribution in [0.3, 0.4) is 0 Å². The van der Waals surface area contributed by atoms with Crippen LogP contribution < -0.4 is 10.6 Å².